The highest BCUT2D eigenvalue weighted by atomic mass is 16.5. The SMILES string of the molecule is CCOC(=O)CCCC1=Cc2ccccc2C1. The molecule has 17 heavy (non-hydrogen) atoms. The molecule has 0 amide bonds. The average molecular weight is 230 g/mol. The van der Waals surface area contributed by atoms with E-state index in [0.29, 0.717) is 13.0 Å². The zero-order valence-electron chi connectivity index (χ0n) is 10.2. The highest BCUT2D eigenvalue weighted by Gasteiger charge is 2.11. The lowest BCUT2D eigenvalue weighted by molar-refractivity contribution is -0.143. The molecule has 0 atom stereocenters. The molecule has 0 radical (unpaired) electrons. The Hall–Kier alpha value is -1.57. The highest BCUT2D eigenvalue weighted by Crippen LogP contribution is 2.27. The van der Waals surface area contributed by atoms with Crippen molar-refractivity contribution < 1.29 is 9.53 Å². The number of allylic oxidation sites excluding steroid dienone is 1. The van der Waals surface area contributed by atoms with E-state index in [-0.39, 0.29) is 5.97 Å². The molecule has 2 nitrogen and oxygen atoms in total. The van der Waals surface area contributed by atoms with Gasteiger partial charge in [0.05, 0.1) is 6.61 Å². The first-order valence-corrected chi connectivity index (χ1v) is 6.22. The largest absolute Gasteiger partial charge is 0.466 e. The summed E-state index contributed by atoms with van der Waals surface area (Å²) in [5.41, 5.74) is 4.16. The van der Waals surface area contributed by atoms with E-state index in [9.17, 15) is 4.79 Å². The molecule has 2 heteroatoms. The fourth-order valence-electron chi connectivity index (χ4n) is 2.21. The normalized spacial score (nSPS) is 13.1. The Kier molecular flexibility index (Phi) is 3.97. The number of benzene rings is 1. The van der Waals surface area contributed by atoms with E-state index in [1.807, 2.05) is 6.92 Å². The molecule has 0 N–H and O–H groups in total. The average Bonchev–Trinajstić information content (AvgIpc) is 2.71. The number of fused-ring (bicyclic) bond motifs is 1. The van der Waals surface area contributed by atoms with Gasteiger partial charge in [0.1, 0.15) is 0 Å². The Morgan fingerprint density at radius 3 is 2.94 bits per heavy atom. The summed E-state index contributed by atoms with van der Waals surface area (Å²) in [6.45, 7) is 2.32. The van der Waals surface area contributed by atoms with Crippen molar-refractivity contribution in [1.82, 2.24) is 0 Å². The van der Waals surface area contributed by atoms with Crippen LogP contribution in [-0.2, 0) is 16.0 Å². The Morgan fingerprint density at radius 2 is 2.18 bits per heavy atom. The van der Waals surface area contributed by atoms with Crippen LogP contribution in [0.1, 0.15) is 37.3 Å². The molecule has 0 spiro atoms. The molecule has 0 saturated carbocycles. The number of carbonyl (C=O) groups is 1. The van der Waals surface area contributed by atoms with Crippen LogP contribution in [0.25, 0.3) is 6.08 Å². The summed E-state index contributed by atoms with van der Waals surface area (Å²) in [6.07, 6.45) is 5.70. The summed E-state index contributed by atoms with van der Waals surface area (Å²) in [5, 5.41) is 0. The molecule has 0 unspecified atom stereocenters. The van der Waals surface area contributed by atoms with Gasteiger partial charge in [0.2, 0.25) is 0 Å². The van der Waals surface area contributed by atoms with Gasteiger partial charge in [-0.1, -0.05) is 35.9 Å². The second-order valence-electron chi connectivity index (χ2n) is 4.34. The lowest BCUT2D eigenvalue weighted by Crippen LogP contribution is -2.03. The number of rotatable bonds is 5. The molecule has 0 saturated heterocycles. The first kappa shape index (κ1) is 11.9. The van der Waals surface area contributed by atoms with E-state index in [1.165, 1.54) is 16.7 Å². The molecule has 1 aliphatic rings. The Bertz CT molecular complexity index is 432. The Morgan fingerprint density at radius 1 is 1.35 bits per heavy atom. The van der Waals surface area contributed by atoms with Crippen LogP contribution >= 0.6 is 0 Å². The van der Waals surface area contributed by atoms with Gasteiger partial charge in [-0.2, -0.15) is 0 Å². The molecule has 2 rings (SSSR count). The summed E-state index contributed by atoms with van der Waals surface area (Å²) in [5.74, 6) is -0.0800. The fourth-order valence-corrected chi connectivity index (χ4v) is 2.21. The van der Waals surface area contributed by atoms with E-state index in [1.54, 1.807) is 0 Å². The lowest BCUT2D eigenvalue weighted by Gasteiger charge is -2.02. The zero-order chi connectivity index (χ0) is 12.1. The number of hydrogen-bond donors (Lipinski definition) is 0. The van der Waals surface area contributed by atoms with Crippen LogP contribution in [0.3, 0.4) is 0 Å². The predicted molar refractivity (Wildman–Crippen MR) is 68.6 cm³/mol. The summed E-state index contributed by atoms with van der Waals surface area (Å²) in [7, 11) is 0. The molecule has 0 aliphatic heterocycles. The quantitative estimate of drug-likeness (QED) is 0.725. The lowest BCUT2D eigenvalue weighted by atomic mass is 10.1. The van der Waals surface area contributed by atoms with Crippen molar-refractivity contribution in [2.24, 2.45) is 0 Å². The van der Waals surface area contributed by atoms with Crippen LogP contribution in [0.15, 0.2) is 29.8 Å². The third-order valence-corrected chi connectivity index (χ3v) is 3.02. The molecule has 1 aliphatic carbocycles. The number of esters is 1. The van der Waals surface area contributed by atoms with Crippen molar-refractivity contribution in [3.05, 3.63) is 41.0 Å². The van der Waals surface area contributed by atoms with Crippen LogP contribution in [-0.4, -0.2) is 12.6 Å². The van der Waals surface area contributed by atoms with Gasteiger partial charge in [-0.3, -0.25) is 4.79 Å². The highest BCUT2D eigenvalue weighted by molar-refractivity contribution is 5.69. The summed E-state index contributed by atoms with van der Waals surface area (Å²) in [6, 6.07) is 8.46. The third kappa shape index (κ3) is 3.19. The van der Waals surface area contributed by atoms with Gasteiger partial charge in [-0.15, -0.1) is 0 Å². The predicted octanol–water partition coefficient (Wildman–Crippen LogP) is 3.36. The maximum atomic E-state index is 11.2. The summed E-state index contributed by atoms with van der Waals surface area (Å²) < 4.78 is 4.91. The van der Waals surface area contributed by atoms with Crippen LogP contribution in [0.5, 0.6) is 0 Å². The van der Waals surface area contributed by atoms with Gasteiger partial charge in [-0.25, -0.2) is 0 Å². The second kappa shape index (κ2) is 5.67. The Balaban J connectivity index is 1.78. The molecule has 0 fully saturated rings. The van der Waals surface area contributed by atoms with Crippen LogP contribution in [0.2, 0.25) is 0 Å². The van der Waals surface area contributed by atoms with Gasteiger partial charge in [0.25, 0.3) is 0 Å². The molecule has 0 heterocycles. The second-order valence-corrected chi connectivity index (χ2v) is 4.34. The minimum Gasteiger partial charge on any atom is -0.466 e. The maximum absolute atomic E-state index is 11.2. The van der Waals surface area contributed by atoms with E-state index in [2.05, 4.69) is 30.3 Å². The van der Waals surface area contributed by atoms with Crippen molar-refractivity contribution in [3.63, 3.8) is 0 Å². The van der Waals surface area contributed by atoms with Gasteiger partial charge in [0.15, 0.2) is 0 Å². The topological polar surface area (TPSA) is 26.3 Å². The standard InChI is InChI=1S/C15H18O2/c1-2-17-15(16)9-5-6-12-10-13-7-3-4-8-14(13)11-12/h3-4,7-8,10H,2,5-6,9,11H2,1H3. The molecule has 1 aromatic carbocycles. The van der Waals surface area contributed by atoms with Crippen molar-refractivity contribution in [1.29, 1.82) is 0 Å². The molecule has 0 aromatic heterocycles. The monoisotopic (exact) mass is 230 g/mol. The van der Waals surface area contributed by atoms with Crippen LogP contribution in [0, 0.1) is 0 Å². The van der Waals surface area contributed by atoms with Crippen LogP contribution in [0.4, 0.5) is 0 Å². The number of ether oxygens (including phenoxy) is 1. The third-order valence-electron chi connectivity index (χ3n) is 3.02. The van der Waals surface area contributed by atoms with Crippen molar-refractivity contribution in [3.8, 4) is 0 Å². The molecular weight excluding hydrogens is 212 g/mol. The minimum absolute atomic E-state index is 0.0800. The van der Waals surface area contributed by atoms with Gasteiger partial charge in [0, 0.05) is 6.42 Å². The number of carbonyl (C=O) groups excluding carboxylic acids is 1. The van der Waals surface area contributed by atoms with E-state index in [0.717, 1.165) is 19.3 Å². The molecule has 1 aromatic rings. The van der Waals surface area contributed by atoms with E-state index < -0.39 is 0 Å². The van der Waals surface area contributed by atoms with Gasteiger partial charge >= 0.3 is 5.97 Å². The molecule has 90 valence electrons. The van der Waals surface area contributed by atoms with Crippen molar-refractivity contribution in [2.75, 3.05) is 6.61 Å². The first-order chi connectivity index (χ1) is 8.29. The summed E-state index contributed by atoms with van der Waals surface area (Å²) in [4.78, 5) is 11.2. The van der Waals surface area contributed by atoms with Gasteiger partial charge in [-0.05, 0) is 37.3 Å². The van der Waals surface area contributed by atoms with Crippen molar-refractivity contribution in [2.45, 2.75) is 32.6 Å². The van der Waals surface area contributed by atoms with Crippen LogP contribution < -0.4 is 0 Å². The molecule has 0 bridgehead atoms. The molecular formula is C15H18O2. The zero-order valence-corrected chi connectivity index (χ0v) is 10.2. The van der Waals surface area contributed by atoms with E-state index >= 15 is 0 Å². The Labute approximate surface area is 102 Å². The first-order valence-electron chi connectivity index (χ1n) is 6.22. The smallest absolute Gasteiger partial charge is 0.305 e. The summed E-state index contributed by atoms with van der Waals surface area (Å²) >= 11 is 0. The minimum atomic E-state index is -0.0800. The fraction of sp³-hybridized carbons (Fsp3) is 0.400. The van der Waals surface area contributed by atoms with Gasteiger partial charge < -0.3 is 4.74 Å². The van der Waals surface area contributed by atoms with E-state index in [4.69, 9.17) is 4.74 Å². The number of hydrogen-bond acceptors (Lipinski definition) is 2. The maximum Gasteiger partial charge on any atom is 0.305 e. The van der Waals surface area contributed by atoms with Crippen molar-refractivity contribution >= 4 is 12.0 Å².